The molecule has 1 rings (SSSR count). The quantitative estimate of drug-likeness (QED) is 0.812. The van der Waals surface area contributed by atoms with Crippen molar-refractivity contribution in [3.05, 3.63) is 28.2 Å². The Balaban J connectivity index is 3.03. The first-order chi connectivity index (χ1) is 6.32. The van der Waals surface area contributed by atoms with Crippen molar-refractivity contribution in [2.75, 3.05) is 0 Å². The van der Waals surface area contributed by atoms with Gasteiger partial charge in [0.05, 0.1) is 4.47 Å². The molecule has 0 saturated carbocycles. The van der Waals surface area contributed by atoms with Gasteiger partial charge in [-0.05, 0) is 39.0 Å². The molecule has 1 atom stereocenters. The van der Waals surface area contributed by atoms with Crippen molar-refractivity contribution in [1.29, 1.82) is 0 Å². The topological polar surface area (TPSA) is 46.2 Å². The molecule has 3 N–H and O–H groups in total. The molecule has 0 aromatic heterocycles. The summed E-state index contributed by atoms with van der Waals surface area (Å²) in [7, 11) is 0. The summed E-state index contributed by atoms with van der Waals surface area (Å²) in [6.45, 7) is 6.24. The third-order valence-corrected chi connectivity index (χ3v) is 2.93. The zero-order chi connectivity index (χ0) is 10.9. The summed E-state index contributed by atoms with van der Waals surface area (Å²) in [5.74, 6) is 0.238. The van der Waals surface area contributed by atoms with E-state index in [-0.39, 0.29) is 17.2 Å². The number of halogens is 1. The lowest BCUT2D eigenvalue weighted by Crippen LogP contribution is -2.26. The van der Waals surface area contributed by atoms with Gasteiger partial charge in [0, 0.05) is 6.04 Å². The van der Waals surface area contributed by atoms with Crippen LogP contribution in [-0.4, -0.2) is 5.11 Å². The van der Waals surface area contributed by atoms with Gasteiger partial charge in [0.1, 0.15) is 5.75 Å². The maximum absolute atomic E-state index is 9.51. The van der Waals surface area contributed by atoms with Crippen molar-refractivity contribution in [2.24, 2.45) is 11.1 Å². The first-order valence-corrected chi connectivity index (χ1v) is 5.35. The number of hydrogen-bond donors (Lipinski definition) is 2. The van der Waals surface area contributed by atoms with Crippen LogP contribution in [0, 0.1) is 5.41 Å². The zero-order valence-corrected chi connectivity index (χ0v) is 10.3. The number of phenolic OH excluding ortho intramolecular Hbond substituents is 1. The Morgan fingerprint density at radius 2 is 1.93 bits per heavy atom. The fourth-order valence-electron chi connectivity index (χ4n) is 1.22. The summed E-state index contributed by atoms with van der Waals surface area (Å²) in [6, 6.07) is 5.39. The predicted molar refractivity (Wildman–Crippen MR) is 62.2 cm³/mol. The molecule has 0 saturated heterocycles. The standard InChI is InChI=1S/C11H16BrNO/c1-11(2,3)10(13)7-4-5-8(12)9(14)6-7/h4-6,10,14H,13H2,1-3H3/t10-/m0/s1. The fraction of sp³-hybridized carbons (Fsp3) is 0.455. The molecule has 78 valence electrons. The van der Waals surface area contributed by atoms with E-state index in [0.717, 1.165) is 5.56 Å². The number of benzene rings is 1. The molecule has 0 unspecified atom stereocenters. The van der Waals surface area contributed by atoms with E-state index in [0.29, 0.717) is 4.47 Å². The van der Waals surface area contributed by atoms with Crippen LogP contribution in [0.5, 0.6) is 5.75 Å². The molecule has 0 heterocycles. The molecule has 0 radical (unpaired) electrons. The van der Waals surface area contributed by atoms with Crippen molar-refractivity contribution < 1.29 is 5.11 Å². The van der Waals surface area contributed by atoms with E-state index in [4.69, 9.17) is 5.73 Å². The van der Waals surface area contributed by atoms with Gasteiger partial charge in [-0.25, -0.2) is 0 Å². The van der Waals surface area contributed by atoms with Crippen molar-refractivity contribution >= 4 is 15.9 Å². The number of hydrogen-bond acceptors (Lipinski definition) is 2. The number of phenols is 1. The van der Waals surface area contributed by atoms with E-state index < -0.39 is 0 Å². The summed E-state index contributed by atoms with van der Waals surface area (Å²) < 4.78 is 0.697. The summed E-state index contributed by atoms with van der Waals surface area (Å²) >= 11 is 3.24. The van der Waals surface area contributed by atoms with Gasteiger partial charge in [0.15, 0.2) is 0 Å². The molecule has 0 bridgehead atoms. The van der Waals surface area contributed by atoms with E-state index in [1.54, 1.807) is 6.07 Å². The van der Waals surface area contributed by atoms with Gasteiger partial charge in [0.2, 0.25) is 0 Å². The van der Waals surface area contributed by atoms with Gasteiger partial charge in [0.25, 0.3) is 0 Å². The van der Waals surface area contributed by atoms with Crippen LogP contribution in [0.2, 0.25) is 0 Å². The largest absolute Gasteiger partial charge is 0.507 e. The Labute approximate surface area is 93.3 Å². The third kappa shape index (κ3) is 2.49. The molecule has 0 spiro atoms. The number of nitrogens with two attached hydrogens (primary N) is 1. The highest BCUT2D eigenvalue weighted by Crippen LogP contribution is 2.34. The molecule has 0 amide bonds. The average Bonchev–Trinajstić information content (AvgIpc) is 2.07. The number of aromatic hydroxyl groups is 1. The molecule has 3 heteroatoms. The second-order valence-corrected chi connectivity index (χ2v) is 5.41. The van der Waals surface area contributed by atoms with Crippen molar-refractivity contribution in [3.8, 4) is 5.75 Å². The van der Waals surface area contributed by atoms with Crippen LogP contribution >= 0.6 is 15.9 Å². The molecular formula is C11H16BrNO. The van der Waals surface area contributed by atoms with Crippen molar-refractivity contribution in [1.82, 2.24) is 0 Å². The molecule has 0 fully saturated rings. The van der Waals surface area contributed by atoms with E-state index in [9.17, 15) is 5.11 Å². The van der Waals surface area contributed by atoms with E-state index in [1.807, 2.05) is 12.1 Å². The second-order valence-electron chi connectivity index (χ2n) is 4.55. The molecule has 0 aliphatic rings. The smallest absolute Gasteiger partial charge is 0.130 e. The summed E-state index contributed by atoms with van der Waals surface area (Å²) in [5, 5.41) is 9.51. The fourth-order valence-corrected chi connectivity index (χ4v) is 1.47. The van der Waals surface area contributed by atoms with Gasteiger partial charge in [-0.1, -0.05) is 26.8 Å². The minimum Gasteiger partial charge on any atom is -0.507 e. The van der Waals surface area contributed by atoms with Crippen LogP contribution in [-0.2, 0) is 0 Å². The van der Waals surface area contributed by atoms with Crippen LogP contribution in [0.1, 0.15) is 32.4 Å². The molecule has 1 aromatic carbocycles. The minimum atomic E-state index is -0.0681. The first kappa shape index (κ1) is 11.5. The molecule has 14 heavy (non-hydrogen) atoms. The van der Waals surface area contributed by atoms with Gasteiger partial charge in [-0.2, -0.15) is 0 Å². The SMILES string of the molecule is CC(C)(C)[C@@H](N)c1ccc(Br)c(O)c1. The Bertz CT molecular complexity index is 331. The van der Waals surface area contributed by atoms with Crippen LogP contribution in [0.3, 0.4) is 0 Å². The highest BCUT2D eigenvalue weighted by molar-refractivity contribution is 9.10. The Morgan fingerprint density at radius 3 is 2.36 bits per heavy atom. The van der Waals surface area contributed by atoms with Gasteiger partial charge in [-0.3, -0.25) is 0 Å². The van der Waals surface area contributed by atoms with Crippen molar-refractivity contribution in [3.63, 3.8) is 0 Å². The monoisotopic (exact) mass is 257 g/mol. The lowest BCUT2D eigenvalue weighted by molar-refractivity contribution is 0.326. The van der Waals surface area contributed by atoms with Crippen molar-refractivity contribution in [2.45, 2.75) is 26.8 Å². The van der Waals surface area contributed by atoms with Crippen LogP contribution in [0.15, 0.2) is 22.7 Å². The molecule has 0 aliphatic carbocycles. The van der Waals surface area contributed by atoms with E-state index in [1.165, 1.54) is 0 Å². The lowest BCUT2D eigenvalue weighted by Gasteiger charge is -2.27. The molecule has 1 aromatic rings. The highest BCUT2D eigenvalue weighted by Gasteiger charge is 2.22. The maximum Gasteiger partial charge on any atom is 0.130 e. The molecule has 0 aliphatic heterocycles. The number of rotatable bonds is 1. The Morgan fingerprint density at radius 1 is 1.36 bits per heavy atom. The van der Waals surface area contributed by atoms with Gasteiger partial charge < -0.3 is 10.8 Å². The predicted octanol–water partition coefficient (Wildman–Crippen LogP) is 3.20. The van der Waals surface area contributed by atoms with Crippen LogP contribution in [0.25, 0.3) is 0 Å². The zero-order valence-electron chi connectivity index (χ0n) is 8.71. The van der Waals surface area contributed by atoms with E-state index in [2.05, 4.69) is 36.7 Å². The second kappa shape index (κ2) is 3.91. The lowest BCUT2D eigenvalue weighted by atomic mass is 9.83. The Kier molecular flexibility index (Phi) is 3.22. The summed E-state index contributed by atoms with van der Waals surface area (Å²) in [6.07, 6.45) is 0. The van der Waals surface area contributed by atoms with Gasteiger partial charge in [-0.15, -0.1) is 0 Å². The highest BCUT2D eigenvalue weighted by atomic mass is 79.9. The average molecular weight is 258 g/mol. The van der Waals surface area contributed by atoms with Crippen LogP contribution < -0.4 is 5.73 Å². The normalized spacial score (nSPS) is 14.1. The maximum atomic E-state index is 9.51. The molecular weight excluding hydrogens is 242 g/mol. The third-order valence-electron chi connectivity index (χ3n) is 2.26. The summed E-state index contributed by atoms with van der Waals surface area (Å²) in [4.78, 5) is 0. The van der Waals surface area contributed by atoms with Crippen LogP contribution in [0.4, 0.5) is 0 Å². The Hall–Kier alpha value is -0.540. The molecule has 2 nitrogen and oxygen atoms in total. The van der Waals surface area contributed by atoms with Gasteiger partial charge >= 0.3 is 0 Å². The minimum absolute atomic E-state index is 0.000267. The first-order valence-electron chi connectivity index (χ1n) is 4.56. The summed E-state index contributed by atoms with van der Waals surface area (Å²) in [5.41, 5.74) is 7.02. The van der Waals surface area contributed by atoms with E-state index >= 15 is 0 Å².